The number of anilines is 1. The molecule has 0 bridgehead atoms. The van der Waals surface area contributed by atoms with Gasteiger partial charge in [0.2, 0.25) is 5.91 Å². The molecule has 1 aliphatic heterocycles. The number of para-hydroxylation sites is 1. The molecule has 3 rings (SSSR count). The van der Waals surface area contributed by atoms with E-state index in [0.29, 0.717) is 11.6 Å². The van der Waals surface area contributed by atoms with Crippen molar-refractivity contribution >= 4 is 33.0 Å². The van der Waals surface area contributed by atoms with Crippen molar-refractivity contribution in [2.75, 3.05) is 17.2 Å². The van der Waals surface area contributed by atoms with Crippen molar-refractivity contribution in [1.82, 2.24) is 0 Å². The van der Waals surface area contributed by atoms with Gasteiger partial charge in [-0.2, -0.15) is 0 Å². The average Bonchev–Trinajstić information content (AvgIpc) is 2.59. The molecule has 2 aromatic carbocycles. The van der Waals surface area contributed by atoms with Crippen LogP contribution in [0.1, 0.15) is 18.4 Å². The Labute approximate surface area is 147 Å². The van der Waals surface area contributed by atoms with Gasteiger partial charge in [-0.15, -0.1) is 0 Å². The molecule has 2 aromatic rings. The van der Waals surface area contributed by atoms with E-state index in [1.54, 1.807) is 17.0 Å². The third kappa shape index (κ3) is 3.62. The fourth-order valence-electron chi connectivity index (χ4n) is 2.93. The van der Waals surface area contributed by atoms with Gasteiger partial charge in [-0.3, -0.25) is 4.79 Å². The number of hydrogen-bond acceptors (Lipinski definition) is 3. The zero-order chi connectivity index (χ0) is 17.2. The summed E-state index contributed by atoms with van der Waals surface area (Å²) in [7, 11) is -3.53. The summed E-state index contributed by atoms with van der Waals surface area (Å²) in [4.78, 5) is 14.4. The smallest absolute Gasteiger partial charge is 0.228 e. The summed E-state index contributed by atoms with van der Waals surface area (Å²) in [6, 6.07) is 13.9. The zero-order valence-electron chi connectivity index (χ0n) is 13.1. The van der Waals surface area contributed by atoms with Crippen LogP contribution in [-0.2, 0) is 21.1 Å². The minimum atomic E-state index is -3.53. The molecule has 0 fully saturated rings. The van der Waals surface area contributed by atoms with Crippen molar-refractivity contribution in [3.8, 4) is 0 Å². The number of sulfone groups is 1. The Bertz CT molecular complexity index is 864. The molecule has 4 nitrogen and oxygen atoms in total. The predicted octanol–water partition coefficient (Wildman–Crippen LogP) is 3.48. The lowest BCUT2D eigenvalue weighted by molar-refractivity contribution is -0.118. The van der Waals surface area contributed by atoms with E-state index in [-0.39, 0.29) is 23.0 Å². The van der Waals surface area contributed by atoms with E-state index in [4.69, 9.17) is 11.6 Å². The van der Waals surface area contributed by atoms with E-state index in [1.165, 1.54) is 12.1 Å². The second-order valence-electron chi connectivity index (χ2n) is 5.80. The molecule has 0 aromatic heterocycles. The van der Waals surface area contributed by atoms with E-state index in [1.807, 2.05) is 24.3 Å². The summed E-state index contributed by atoms with van der Waals surface area (Å²) in [5, 5.41) is 0.368. The van der Waals surface area contributed by atoms with E-state index >= 15 is 0 Å². The molecule has 1 amide bonds. The first-order valence-corrected chi connectivity index (χ1v) is 9.87. The molecule has 0 atom stereocenters. The van der Waals surface area contributed by atoms with Gasteiger partial charge in [0, 0.05) is 23.7 Å². The molecule has 24 heavy (non-hydrogen) atoms. The first-order valence-electron chi connectivity index (χ1n) is 7.84. The quantitative estimate of drug-likeness (QED) is 0.835. The second-order valence-corrected chi connectivity index (χ2v) is 8.35. The Balaban J connectivity index is 1.72. The molecular formula is C18H18ClNO3S. The maximum atomic E-state index is 12.5. The van der Waals surface area contributed by atoms with Crippen molar-refractivity contribution < 1.29 is 13.2 Å². The number of benzene rings is 2. The summed E-state index contributed by atoms with van der Waals surface area (Å²) in [5.74, 6) is -0.377. The third-order valence-electron chi connectivity index (χ3n) is 4.15. The maximum Gasteiger partial charge on any atom is 0.228 e. The van der Waals surface area contributed by atoms with Gasteiger partial charge in [-0.25, -0.2) is 8.42 Å². The lowest BCUT2D eigenvalue weighted by Crippen LogP contribution is -2.36. The summed E-state index contributed by atoms with van der Waals surface area (Å²) in [6.07, 6.45) is 1.80. The van der Waals surface area contributed by atoms with Gasteiger partial charge in [0.25, 0.3) is 0 Å². The molecule has 0 spiro atoms. The monoisotopic (exact) mass is 363 g/mol. The molecule has 0 unspecified atom stereocenters. The second kappa shape index (κ2) is 6.95. The summed E-state index contributed by atoms with van der Waals surface area (Å²) in [5.41, 5.74) is 2.03. The highest BCUT2D eigenvalue weighted by Gasteiger charge is 2.24. The van der Waals surface area contributed by atoms with Crippen molar-refractivity contribution in [1.29, 1.82) is 0 Å². The molecule has 1 heterocycles. The van der Waals surface area contributed by atoms with Gasteiger partial charge in [0.15, 0.2) is 9.84 Å². The van der Waals surface area contributed by atoms with E-state index in [0.717, 1.165) is 24.1 Å². The highest BCUT2D eigenvalue weighted by atomic mass is 35.5. The Morgan fingerprint density at radius 3 is 2.71 bits per heavy atom. The van der Waals surface area contributed by atoms with Crippen LogP contribution >= 0.6 is 11.6 Å². The van der Waals surface area contributed by atoms with Crippen LogP contribution < -0.4 is 4.90 Å². The minimum absolute atomic E-state index is 0.0385. The molecule has 126 valence electrons. The standard InChI is InChI=1S/C18H18ClNO3S/c19-15-7-3-8-16(13-15)24(22,23)12-10-18(21)20-11-4-6-14-5-1-2-9-17(14)20/h1-3,5,7-9,13H,4,6,10-12H2. The van der Waals surface area contributed by atoms with Gasteiger partial charge in [-0.05, 0) is 42.7 Å². The fourth-order valence-corrected chi connectivity index (χ4v) is 4.45. The van der Waals surface area contributed by atoms with Gasteiger partial charge in [0.05, 0.1) is 10.6 Å². The number of halogens is 1. The van der Waals surface area contributed by atoms with E-state index < -0.39 is 9.84 Å². The highest BCUT2D eigenvalue weighted by Crippen LogP contribution is 2.27. The first kappa shape index (κ1) is 17.0. The molecule has 0 saturated heterocycles. The molecular weight excluding hydrogens is 346 g/mol. The summed E-state index contributed by atoms with van der Waals surface area (Å²) >= 11 is 5.85. The lowest BCUT2D eigenvalue weighted by Gasteiger charge is -2.29. The predicted molar refractivity (Wildman–Crippen MR) is 95.2 cm³/mol. The summed E-state index contributed by atoms with van der Waals surface area (Å²) in [6.45, 7) is 0.632. The minimum Gasteiger partial charge on any atom is -0.312 e. The maximum absolute atomic E-state index is 12.5. The van der Waals surface area contributed by atoms with Gasteiger partial charge < -0.3 is 4.90 Å². The van der Waals surface area contributed by atoms with Crippen LogP contribution in [0.25, 0.3) is 0 Å². The number of carbonyl (C=O) groups excluding carboxylic acids is 1. The van der Waals surface area contributed by atoms with Crippen molar-refractivity contribution in [2.24, 2.45) is 0 Å². The Morgan fingerprint density at radius 1 is 1.12 bits per heavy atom. The van der Waals surface area contributed by atoms with E-state index in [9.17, 15) is 13.2 Å². The number of carbonyl (C=O) groups is 1. The highest BCUT2D eigenvalue weighted by molar-refractivity contribution is 7.91. The zero-order valence-corrected chi connectivity index (χ0v) is 14.7. The Morgan fingerprint density at radius 2 is 1.92 bits per heavy atom. The lowest BCUT2D eigenvalue weighted by atomic mass is 10.0. The van der Waals surface area contributed by atoms with Gasteiger partial charge in [-0.1, -0.05) is 35.9 Å². The molecule has 0 saturated carbocycles. The van der Waals surface area contributed by atoms with Crippen LogP contribution in [0.2, 0.25) is 5.02 Å². The Kier molecular flexibility index (Phi) is 4.92. The number of nitrogens with zero attached hydrogens (tertiary/aromatic N) is 1. The summed E-state index contributed by atoms with van der Waals surface area (Å²) < 4.78 is 24.8. The fraction of sp³-hybridized carbons (Fsp3) is 0.278. The molecule has 1 aliphatic rings. The van der Waals surface area contributed by atoms with Gasteiger partial charge in [0.1, 0.15) is 0 Å². The molecule has 0 aliphatic carbocycles. The first-order chi connectivity index (χ1) is 11.5. The number of amides is 1. The van der Waals surface area contributed by atoms with Crippen LogP contribution in [-0.4, -0.2) is 26.6 Å². The van der Waals surface area contributed by atoms with Crippen molar-refractivity contribution in [2.45, 2.75) is 24.2 Å². The molecule has 6 heteroatoms. The SMILES string of the molecule is O=C(CCS(=O)(=O)c1cccc(Cl)c1)N1CCCc2ccccc21. The van der Waals surface area contributed by atoms with Crippen LogP contribution in [0.3, 0.4) is 0 Å². The number of fused-ring (bicyclic) bond motifs is 1. The average molecular weight is 364 g/mol. The largest absolute Gasteiger partial charge is 0.312 e. The third-order valence-corrected chi connectivity index (χ3v) is 6.10. The molecule has 0 N–H and O–H groups in total. The van der Waals surface area contributed by atoms with Crippen LogP contribution in [0.15, 0.2) is 53.4 Å². The van der Waals surface area contributed by atoms with Crippen LogP contribution in [0.5, 0.6) is 0 Å². The molecule has 0 radical (unpaired) electrons. The van der Waals surface area contributed by atoms with Gasteiger partial charge >= 0.3 is 0 Å². The Hall–Kier alpha value is -1.85. The topological polar surface area (TPSA) is 54.5 Å². The normalized spacial score (nSPS) is 14.3. The number of rotatable bonds is 4. The number of hydrogen-bond donors (Lipinski definition) is 0. The number of aryl methyl sites for hydroxylation is 1. The van der Waals surface area contributed by atoms with Crippen LogP contribution in [0, 0.1) is 0 Å². The van der Waals surface area contributed by atoms with Crippen molar-refractivity contribution in [3.63, 3.8) is 0 Å². The van der Waals surface area contributed by atoms with Crippen molar-refractivity contribution in [3.05, 3.63) is 59.1 Å². The van der Waals surface area contributed by atoms with E-state index in [2.05, 4.69) is 0 Å². The van der Waals surface area contributed by atoms with Crippen LogP contribution in [0.4, 0.5) is 5.69 Å².